The molecule has 0 aliphatic heterocycles. The largest absolute Gasteiger partial charge is 0.419 e. The standard InChI is InChI=1S/C17H15F4NO/c18-13-10-11(5-6-12(13)17(19,20)21)16(7-3-8-16)15(23)14-4-1-2-9-22-14/h1-2,4-6,9-10,15,23H,3,7-8H2. The zero-order valence-electron chi connectivity index (χ0n) is 12.1. The van der Waals surface area contributed by atoms with Crippen LogP contribution in [0.5, 0.6) is 0 Å². The average Bonchev–Trinajstić information content (AvgIpc) is 2.45. The van der Waals surface area contributed by atoms with Crippen molar-refractivity contribution in [1.29, 1.82) is 0 Å². The molecule has 1 fully saturated rings. The van der Waals surface area contributed by atoms with Gasteiger partial charge in [0.1, 0.15) is 11.9 Å². The second-order valence-electron chi connectivity index (χ2n) is 5.86. The third-order valence-electron chi connectivity index (χ3n) is 4.59. The number of pyridine rings is 1. The second-order valence-corrected chi connectivity index (χ2v) is 5.86. The Morgan fingerprint density at radius 3 is 2.35 bits per heavy atom. The van der Waals surface area contributed by atoms with E-state index >= 15 is 0 Å². The Morgan fingerprint density at radius 1 is 1.13 bits per heavy atom. The molecule has 0 amide bonds. The molecule has 122 valence electrons. The molecule has 0 bridgehead atoms. The number of halogens is 4. The van der Waals surface area contributed by atoms with E-state index in [9.17, 15) is 22.7 Å². The fraction of sp³-hybridized carbons (Fsp3) is 0.353. The Labute approximate surface area is 130 Å². The molecule has 1 aliphatic rings. The summed E-state index contributed by atoms with van der Waals surface area (Å²) in [4.78, 5) is 4.11. The topological polar surface area (TPSA) is 33.1 Å². The summed E-state index contributed by atoms with van der Waals surface area (Å²) in [7, 11) is 0. The minimum Gasteiger partial charge on any atom is -0.386 e. The number of hydrogen-bond acceptors (Lipinski definition) is 2. The maximum absolute atomic E-state index is 13.9. The van der Waals surface area contributed by atoms with E-state index in [-0.39, 0.29) is 0 Å². The lowest BCUT2D eigenvalue weighted by molar-refractivity contribution is -0.140. The molecule has 1 aromatic carbocycles. The van der Waals surface area contributed by atoms with Crippen molar-refractivity contribution in [2.24, 2.45) is 0 Å². The summed E-state index contributed by atoms with van der Waals surface area (Å²) in [6, 6.07) is 8.00. The fourth-order valence-corrected chi connectivity index (χ4v) is 3.15. The highest BCUT2D eigenvalue weighted by atomic mass is 19.4. The molecule has 1 saturated carbocycles. The van der Waals surface area contributed by atoms with Gasteiger partial charge >= 0.3 is 6.18 Å². The van der Waals surface area contributed by atoms with Crippen LogP contribution in [-0.4, -0.2) is 10.1 Å². The van der Waals surface area contributed by atoms with Gasteiger partial charge in [-0.15, -0.1) is 0 Å². The van der Waals surface area contributed by atoms with Crippen LogP contribution in [0.25, 0.3) is 0 Å². The maximum atomic E-state index is 13.9. The summed E-state index contributed by atoms with van der Waals surface area (Å²) in [5, 5.41) is 10.7. The van der Waals surface area contributed by atoms with Crippen molar-refractivity contribution in [2.75, 3.05) is 0 Å². The van der Waals surface area contributed by atoms with E-state index < -0.39 is 29.1 Å². The van der Waals surface area contributed by atoms with Crippen LogP contribution >= 0.6 is 0 Å². The summed E-state index contributed by atoms with van der Waals surface area (Å²) in [6.07, 6.45) is -2.18. The first-order valence-corrected chi connectivity index (χ1v) is 7.31. The monoisotopic (exact) mass is 325 g/mol. The molecule has 1 N–H and O–H groups in total. The first-order chi connectivity index (χ1) is 10.8. The van der Waals surface area contributed by atoms with Gasteiger partial charge in [-0.1, -0.05) is 18.6 Å². The number of alkyl halides is 3. The molecule has 0 spiro atoms. The molecular formula is C17H15F4NO. The van der Waals surface area contributed by atoms with Crippen molar-refractivity contribution in [3.63, 3.8) is 0 Å². The van der Waals surface area contributed by atoms with Gasteiger partial charge in [-0.25, -0.2) is 4.39 Å². The van der Waals surface area contributed by atoms with E-state index in [2.05, 4.69) is 4.98 Å². The summed E-state index contributed by atoms with van der Waals surface area (Å²) < 4.78 is 52.0. The van der Waals surface area contributed by atoms with E-state index in [0.717, 1.165) is 18.6 Å². The number of hydrogen-bond donors (Lipinski definition) is 1. The molecular weight excluding hydrogens is 310 g/mol. The lowest BCUT2D eigenvalue weighted by Gasteiger charge is -2.46. The average molecular weight is 325 g/mol. The van der Waals surface area contributed by atoms with Crippen molar-refractivity contribution < 1.29 is 22.7 Å². The van der Waals surface area contributed by atoms with Crippen LogP contribution in [0.1, 0.15) is 42.2 Å². The summed E-state index contributed by atoms with van der Waals surface area (Å²) in [6.45, 7) is 0. The fourth-order valence-electron chi connectivity index (χ4n) is 3.15. The number of rotatable bonds is 3. The molecule has 23 heavy (non-hydrogen) atoms. The smallest absolute Gasteiger partial charge is 0.386 e. The van der Waals surface area contributed by atoms with Crippen molar-refractivity contribution in [2.45, 2.75) is 37.0 Å². The molecule has 2 nitrogen and oxygen atoms in total. The van der Waals surface area contributed by atoms with Crippen LogP contribution in [0.15, 0.2) is 42.6 Å². The molecule has 1 aliphatic carbocycles. The molecule has 1 heterocycles. The van der Waals surface area contributed by atoms with Gasteiger partial charge in [0.05, 0.1) is 11.3 Å². The van der Waals surface area contributed by atoms with Crippen LogP contribution in [0.2, 0.25) is 0 Å². The lowest BCUT2D eigenvalue weighted by atomic mass is 9.60. The summed E-state index contributed by atoms with van der Waals surface area (Å²) in [5.41, 5.74) is -1.25. The van der Waals surface area contributed by atoms with E-state index in [0.29, 0.717) is 24.1 Å². The van der Waals surface area contributed by atoms with Gasteiger partial charge < -0.3 is 5.11 Å². The zero-order chi connectivity index (χ0) is 16.7. The number of aliphatic hydroxyl groups is 1. The first kappa shape index (κ1) is 15.9. The third kappa shape index (κ3) is 2.72. The SMILES string of the molecule is OC(c1ccccn1)C1(c2ccc(C(F)(F)F)c(F)c2)CCC1. The van der Waals surface area contributed by atoms with Gasteiger partial charge in [0.15, 0.2) is 0 Å². The Balaban J connectivity index is 2.00. The predicted molar refractivity (Wildman–Crippen MR) is 76.1 cm³/mol. The van der Waals surface area contributed by atoms with Crippen LogP contribution in [0, 0.1) is 5.82 Å². The van der Waals surface area contributed by atoms with Crippen molar-refractivity contribution >= 4 is 0 Å². The Hall–Kier alpha value is -1.95. The van der Waals surface area contributed by atoms with Crippen LogP contribution in [-0.2, 0) is 11.6 Å². The van der Waals surface area contributed by atoms with Gasteiger partial charge in [0.2, 0.25) is 0 Å². The van der Waals surface area contributed by atoms with Gasteiger partial charge in [0.25, 0.3) is 0 Å². The van der Waals surface area contributed by atoms with Crippen LogP contribution in [0.4, 0.5) is 17.6 Å². The minimum absolute atomic E-state index is 0.382. The van der Waals surface area contributed by atoms with Crippen LogP contribution in [0.3, 0.4) is 0 Å². The number of nitrogens with zero attached hydrogens (tertiary/aromatic N) is 1. The summed E-state index contributed by atoms with van der Waals surface area (Å²) >= 11 is 0. The highest BCUT2D eigenvalue weighted by Crippen LogP contribution is 2.52. The van der Waals surface area contributed by atoms with E-state index in [4.69, 9.17) is 0 Å². The third-order valence-corrected chi connectivity index (χ3v) is 4.59. The minimum atomic E-state index is -4.73. The lowest BCUT2D eigenvalue weighted by Crippen LogP contribution is -2.41. The van der Waals surface area contributed by atoms with E-state index in [1.165, 1.54) is 12.3 Å². The Bertz CT molecular complexity index is 695. The molecule has 6 heteroatoms. The molecule has 1 unspecified atom stereocenters. The number of benzene rings is 1. The molecule has 3 rings (SSSR count). The number of aliphatic hydroxyl groups excluding tert-OH is 1. The molecule has 1 aromatic heterocycles. The van der Waals surface area contributed by atoms with Gasteiger partial charge in [0, 0.05) is 11.6 Å². The van der Waals surface area contributed by atoms with Crippen molar-refractivity contribution in [3.05, 3.63) is 65.2 Å². The molecule has 0 radical (unpaired) electrons. The molecule has 1 atom stereocenters. The van der Waals surface area contributed by atoms with Gasteiger partial charge in [-0.2, -0.15) is 13.2 Å². The molecule has 0 saturated heterocycles. The van der Waals surface area contributed by atoms with Crippen LogP contribution < -0.4 is 0 Å². The highest BCUT2D eigenvalue weighted by molar-refractivity contribution is 5.36. The quantitative estimate of drug-likeness (QED) is 0.849. The second kappa shape index (κ2) is 5.60. The van der Waals surface area contributed by atoms with Gasteiger partial charge in [-0.05, 0) is 42.7 Å². The molecule has 2 aromatic rings. The Morgan fingerprint density at radius 2 is 1.87 bits per heavy atom. The zero-order valence-corrected chi connectivity index (χ0v) is 12.1. The first-order valence-electron chi connectivity index (χ1n) is 7.31. The van der Waals surface area contributed by atoms with E-state index in [1.807, 2.05) is 0 Å². The van der Waals surface area contributed by atoms with Crippen molar-refractivity contribution in [3.8, 4) is 0 Å². The summed E-state index contributed by atoms with van der Waals surface area (Å²) in [5.74, 6) is -1.31. The predicted octanol–water partition coefficient (Wildman–Crippen LogP) is 4.39. The van der Waals surface area contributed by atoms with Crippen molar-refractivity contribution in [1.82, 2.24) is 4.98 Å². The normalized spacial score (nSPS) is 18.3. The number of aromatic nitrogens is 1. The highest BCUT2D eigenvalue weighted by Gasteiger charge is 2.47. The Kier molecular flexibility index (Phi) is 3.88. The maximum Gasteiger partial charge on any atom is 0.419 e. The van der Waals surface area contributed by atoms with E-state index in [1.54, 1.807) is 18.2 Å². The van der Waals surface area contributed by atoms with Gasteiger partial charge in [-0.3, -0.25) is 4.98 Å².